The van der Waals surface area contributed by atoms with Crippen LogP contribution in [0.1, 0.15) is 61.8 Å². The Hall–Kier alpha value is -3.61. The number of benzene rings is 2. The summed E-state index contributed by atoms with van der Waals surface area (Å²) in [6.07, 6.45) is 4.19. The highest BCUT2D eigenvalue weighted by Gasteiger charge is 2.25. The van der Waals surface area contributed by atoms with Crippen molar-refractivity contribution >= 4 is 22.8 Å². The van der Waals surface area contributed by atoms with Gasteiger partial charge < -0.3 is 19.6 Å². The summed E-state index contributed by atoms with van der Waals surface area (Å²) in [5.41, 5.74) is 3.13. The summed E-state index contributed by atoms with van der Waals surface area (Å²) in [7, 11) is 0. The van der Waals surface area contributed by atoms with E-state index in [9.17, 15) is 19.5 Å². The Bertz CT molecular complexity index is 1260. The molecule has 2 N–H and O–H groups in total. The molecule has 1 aromatic heterocycles. The lowest BCUT2D eigenvalue weighted by Crippen LogP contribution is -2.47. The Morgan fingerprint density at radius 3 is 2.42 bits per heavy atom. The van der Waals surface area contributed by atoms with Gasteiger partial charge in [-0.3, -0.25) is 4.79 Å². The maximum absolute atomic E-state index is 12.8. The molecule has 0 aliphatic heterocycles. The predicted octanol–water partition coefficient (Wildman–Crippen LogP) is 5.11. The minimum absolute atomic E-state index is 0.162. The zero-order valence-corrected chi connectivity index (χ0v) is 21.4. The third kappa shape index (κ3) is 6.53. The van der Waals surface area contributed by atoms with Crippen LogP contribution >= 0.6 is 0 Å². The van der Waals surface area contributed by atoms with E-state index in [1.165, 1.54) is 0 Å². The number of fused-ring (bicyclic) bond motifs is 1. The number of rotatable bonds is 12. The minimum Gasteiger partial charge on any atom is -0.480 e. The van der Waals surface area contributed by atoms with Gasteiger partial charge in [-0.2, -0.15) is 0 Å². The average Bonchev–Trinajstić information content (AvgIpc) is 2.85. The molecule has 7 heteroatoms. The number of unbranched alkanes of at least 4 members (excludes halogenated alkanes) is 3. The number of carbonyl (C=O) groups is 2. The van der Waals surface area contributed by atoms with Gasteiger partial charge >= 0.3 is 11.6 Å². The lowest BCUT2D eigenvalue weighted by Gasteiger charge is -2.20. The van der Waals surface area contributed by atoms with Crippen molar-refractivity contribution in [2.75, 3.05) is 0 Å². The largest absolute Gasteiger partial charge is 0.480 e. The highest BCUT2D eigenvalue weighted by Crippen LogP contribution is 2.30. The number of nitrogens with one attached hydrogen (secondary N) is 1. The topological polar surface area (TPSA) is 106 Å². The van der Waals surface area contributed by atoms with Crippen LogP contribution in [0, 0.1) is 13.8 Å². The number of aliphatic carboxylic acids is 1. The van der Waals surface area contributed by atoms with E-state index in [0.717, 1.165) is 42.2 Å². The van der Waals surface area contributed by atoms with Gasteiger partial charge in [0.1, 0.15) is 17.4 Å². The molecule has 3 aromatic rings. The molecule has 0 radical (unpaired) electrons. The Labute approximate surface area is 211 Å². The minimum atomic E-state index is -1.12. The molecule has 1 heterocycles. The third-order valence-corrected chi connectivity index (χ3v) is 6.50. The van der Waals surface area contributed by atoms with Crippen LogP contribution in [0.2, 0.25) is 0 Å². The summed E-state index contributed by atoms with van der Waals surface area (Å²) >= 11 is 0. The van der Waals surface area contributed by atoms with Crippen LogP contribution < -0.4 is 15.7 Å². The van der Waals surface area contributed by atoms with Gasteiger partial charge in [0.2, 0.25) is 0 Å². The van der Waals surface area contributed by atoms with Gasteiger partial charge in [0, 0.05) is 22.9 Å². The maximum Gasteiger partial charge on any atom is 0.339 e. The summed E-state index contributed by atoms with van der Waals surface area (Å²) < 4.78 is 11.6. The Kier molecular flexibility index (Phi) is 9.28. The lowest BCUT2D eigenvalue weighted by molar-refractivity contribution is -0.142. The maximum atomic E-state index is 12.8. The highest BCUT2D eigenvalue weighted by molar-refractivity contribution is 5.88. The van der Waals surface area contributed by atoms with Gasteiger partial charge in [-0.25, -0.2) is 9.59 Å². The number of amides is 1. The molecular formula is C29H35NO6. The molecule has 1 amide bonds. The Morgan fingerprint density at radius 2 is 1.75 bits per heavy atom. The standard InChI is InChI=1S/C29H35NO6/c1-5-6-7-11-14-23-18(2)22-15-16-25(19(3)26(22)36-29(23)34)35-20(4)27(31)30-24(28(32)33)17-21-12-9-8-10-13-21/h8-10,12-13,15-16,20,24H,5-7,11,14,17H2,1-4H3,(H,30,31)(H,32,33). The number of carbonyl (C=O) groups excluding carboxylic acids is 1. The van der Waals surface area contributed by atoms with Crippen LogP contribution in [-0.4, -0.2) is 29.1 Å². The van der Waals surface area contributed by atoms with Gasteiger partial charge in [-0.05, 0) is 56.9 Å². The fraction of sp³-hybridized carbons (Fsp3) is 0.414. The molecular weight excluding hydrogens is 458 g/mol. The number of hydrogen-bond donors (Lipinski definition) is 2. The van der Waals surface area contributed by atoms with E-state index in [4.69, 9.17) is 9.15 Å². The molecule has 0 spiro atoms. The molecule has 192 valence electrons. The van der Waals surface area contributed by atoms with E-state index in [1.54, 1.807) is 19.9 Å². The molecule has 2 aromatic carbocycles. The third-order valence-electron chi connectivity index (χ3n) is 6.50. The molecule has 2 atom stereocenters. The summed E-state index contributed by atoms with van der Waals surface area (Å²) in [5, 5.41) is 13.0. The molecule has 36 heavy (non-hydrogen) atoms. The number of hydrogen-bond acceptors (Lipinski definition) is 5. The van der Waals surface area contributed by atoms with Gasteiger partial charge in [0.25, 0.3) is 5.91 Å². The smallest absolute Gasteiger partial charge is 0.339 e. The van der Waals surface area contributed by atoms with Crippen molar-refractivity contribution in [2.24, 2.45) is 0 Å². The quantitative estimate of drug-likeness (QED) is 0.268. The molecule has 3 rings (SSSR count). The van der Waals surface area contributed by atoms with E-state index in [2.05, 4.69) is 12.2 Å². The first-order valence-electron chi connectivity index (χ1n) is 12.5. The first kappa shape index (κ1) is 27.0. The van der Waals surface area contributed by atoms with Crippen LogP contribution in [0.4, 0.5) is 0 Å². The molecule has 0 bridgehead atoms. The monoisotopic (exact) mass is 493 g/mol. The molecule has 0 saturated carbocycles. The fourth-order valence-electron chi connectivity index (χ4n) is 4.30. The van der Waals surface area contributed by atoms with Gasteiger partial charge in [0.15, 0.2) is 6.10 Å². The van der Waals surface area contributed by atoms with Gasteiger partial charge in [-0.1, -0.05) is 56.5 Å². The summed E-state index contributed by atoms with van der Waals surface area (Å²) in [6, 6.07) is 11.6. The number of carboxylic acid groups (broad SMARTS) is 1. The van der Waals surface area contributed by atoms with Crippen LogP contribution in [0.3, 0.4) is 0 Å². The molecule has 0 fully saturated rings. The van der Waals surface area contributed by atoms with Crippen molar-refractivity contribution < 1.29 is 23.8 Å². The average molecular weight is 494 g/mol. The number of ether oxygens (including phenoxy) is 1. The SMILES string of the molecule is CCCCCCc1c(C)c2ccc(OC(C)C(=O)NC(Cc3ccccc3)C(=O)O)c(C)c2oc1=O. The van der Waals surface area contributed by atoms with E-state index in [0.29, 0.717) is 28.9 Å². The first-order chi connectivity index (χ1) is 17.2. The predicted molar refractivity (Wildman–Crippen MR) is 140 cm³/mol. The van der Waals surface area contributed by atoms with Crippen molar-refractivity contribution in [3.63, 3.8) is 0 Å². The molecule has 0 aliphatic rings. The van der Waals surface area contributed by atoms with Gasteiger partial charge in [0.05, 0.1) is 0 Å². The number of carboxylic acids is 1. The van der Waals surface area contributed by atoms with Gasteiger partial charge in [-0.15, -0.1) is 0 Å². The number of aryl methyl sites for hydroxylation is 2. The van der Waals surface area contributed by atoms with Crippen LogP contribution in [0.15, 0.2) is 51.7 Å². The van der Waals surface area contributed by atoms with E-state index in [-0.39, 0.29) is 12.0 Å². The van der Waals surface area contributed by atoms with Crippen molar-refractivity contribution in [1.82, 2.24) is 5.32 Å². The summed E-state index contributed by atoms with van der Waals surface area (Å²) in [5.74, 6) is -1.26. The van der Waals surface area contributed by atoms with Crippen molar-refractivity contribution in [3.05, 3.63) is 75.1 Å². The van der Waals surface area contributed by atoms with E-state index < -0.39 is 24.0 Å². The first-order valence-corrected chi connectivity index (χ1v) is 12.5. The van der Waals surface area contributed by atoms with E-state index in [1.807, 2.05) is 43.3 Å². The van der Waals surface area contributed by atoms with Crippen LogP contribution in [0.5, 0.6) is 5.75 Å². The Balaban J connectivity index is 1.75. The van der Waals surface area contributed by atoms with Crippen molar-refractivity contribution in [2.45, 2.75) is 78.4 Å². The molecule has 0 aliphatic carbocycles. The summed E-state index contributed by atoms with van der Waals surface area (Å²) in [6.45, 7) is 7.42. The van der Waals surface area contributed by atoms with Crippen molar-refractivity contribution in [3.8, 4) is 5.75 Å². The zero-order chi connectivity index (χ0) is 26.2. The second-order valence-electron chi connectivity index (χ2n) is 9.22. The second kappa shape index (κ2) is 12.4. The molecule has 0 saturated heterocycles. The molecule has 2 unspecified atom stereocenters. The lowest BCUT2D eigenvalue weighted by atomic mass is 9.99. The summed E-state index contributed by atoms with van der Waals surface area (Å²) in [4.78, 5) is 37.2. The van der Waals surface area contributed by atoms with Crippen LogP contribution in [0.25, 0.3) is 11.0 Å². The second-order valence-corrected chi connectivity index (χ2v) is 9.22. The highest BCUT2D eigenvalue weighted by atomic mass is 16.5. The Morgan fingerprint density at radius 1 is 1.03 bits per heavy atom. The van der Waals surface area contributed by atoms with E-state index >= 15 is 0 Å². The van der Waals surface area contributed by atoms with Crippen molar-refractivity contribution in [1.29, 1.82) is 0 Å². The van der Waals surface area contributed by atoms with Crippen LogP contribution in [-0.2, 0) is 22.4 Å². The molecule has 7 nitrogen and oxygen atoms in total. The zero-order valence-electron chi connectivity index (χ0n) is 21.4. The fourth-order valence-corrected chi connectivity index (χ4v) is 4.30. The normalized spacial score (nSPS) is 12.8.